The number of para-hydroxylation sites is 1. The van der Waals surface area contributed by atoms with Crippen LogP contribution in [0.2, 0.25) is 0 Å². The summed E-state index contributed by atoms with van der Waals surface area (Å²) in [5.41, 5.74) is 5.46. The number of fused-ring (bicyclic) bond motifs is 1. The predicted octanol–water partition coefficient (Wildman–Crippen LogP) is 3.35. The molecule has 1 aliphatic heterocycles. The molecule has 0 bridgehead atoms. The average Bonchev–Trinajstić information content (AvgIpc) is 3.28. The van der Waals surface area contributed by atoms with E-state index in [2.05, 4.69) is 34.6 Å². The number of tetrazole rings is 1. The number of carbonyl (C=O) groups is 1. The minimum Gasteiger partial charge on any atom is -0.311 e. The van der Waals surface area contributed by atoms with Crippen molar-refractivity contribution in [3.63, 3.8) is 0 Å². The fourth-order valence-electron chi connectivity index (χ4n) is 3.44. The van der Waals surface area contributed by atoms with Gasteiger partial charge in [0.2, 0.25) is 11.1 Å². The molecule has 0 saturated heterocycles. The van der Waals surface area contributed by atoms with Gasteiger partial charge in [-0.1, -0.05) is 47.7 Å². The van der Waals surface area contributed by atoms with Gasteiger partial charge in [0, 0.05) is 12.2 Å². The molecular formula is C20H21N5OS. The number of benzene rings is 2. The third-order valence-electron chi connectivity index (χ3n) is 4.80. The maximum atomic E-state index is 13.0. The maximum absolute atomic E-state index is 13.0. The minimum absolute atomic E-state index is 0.0835. The van der Waals surface area contributed by atoms with Crippen molar-refractivity contribution in [2.24, 2.45) is 0 Å². The lowest BCUT2D eigenvalue weighted by molar-refractivity contribution is -0.117. The fraction of sp³-hybridized carbons (Fsp3) is 0.300. The topological polar surface area (TPSA) is 63.9 Å². The van der Waals surface area contributed by atoms with Crippen molar-refractivity contribution in [1.29, 1.82) is 0 Å². The molecule has 7 heteroatoms. The number of hydrogen-bond acceptors (Lipinski definition) is 5. The zero-order valence-electron chi connectivity index (χ0n) is 15.6. The van der Waals surface area contributed by atoms with Crippen molar-refractivity contribution in [2.75, 3.05) is 11.4 Å². The molecule has 0 radical (unpaired) electrons. The van der Waals surface area contributed by atoms with E-state index in [1.807, 2.05) is 49.1 Å². The van der Waals surface area contributed by atoms with Crippen LogP contribution in [0.25, 0.3) is 5.69 Å². The highest BCUT2D eigenvalue weighted by molar-refractivity contribution is 8.00. The first-order valence-corrected chi connectivity index (χ1v) is 9.84. The Hall–Kier alpha value is -2.67. The number of aromatic nitrogens is 4. The molecule has 0 spiro atoms. The monoisotopic (exact) mass is 379 g/mol. The molecule has 1 aromatic heterocycles. The van der Waals surface area contributed by atoms with Crippen LogP contribution in [0.5, 0.6) is 0 Å². The number of nitrogens with zero attached hydrogens (tertiary/aromatic N) is 5. The molecule has 3 aromatic rings. The first kappa shape index (κ1) is 17.7. The van der Waals surface area contributed by atoms with E-state index in [1.165, 1.54) is 22.9 Å². The molecule has 0 unspecified atom stereocenters. The molecule has 6 nitrogen and oxygen atoms in total. The molecule has 0 aliphatic carbocycles. The van der Waals surface area contributed by atoms with Gasteiger partial charge in [0.1, 0.15) is 0 Å². The summed E-state index contributed by atoms with van der Waals surface area (Å²) >= 11 is 1.39. The smallest absolute Gasteiger partial charge is 0.240 e. The Morgan fingerprint density at radius 2 is 1.96 bits per heavy atom. The second kappa shape index (κ2) is 7.15. The SMILES string of the molecule is Cc1ccc(-n2nnnc2S[C@H](C)C(=O)N2CCc3ccccc32)c(C)c1. The lowest BCUT2D eigenvalue weighted by atomic mass is 10.1. The molecule has 138 valence electrons. The molecule has 2 heterocycles. The zero-order chi connectivity index (χ0) is 19.0. The van der Waals surface area contributed by atoms with Crippen LogP contribution in [0.1, 0.15) is 23.6 Å². The van der Waals surface area contributed by atoms with Gasteiger partial charge in [0.05, 0.1) is 10.9 Å². The summed E-state index contributed by atoms with van der Waals surface area (Å²) in [6.07, 6.45) is 0.902. The zero-order valence-corrected chi connectivity index (χ0v) is 16.4. The molecule has 4 rings (SSSR count). The first-order chi connectivity index (χ1) is 13.0. The Kier molecular flexibility index (Phi) is 4.70. The van der Waals surface area contributed by atoms with E-state index in [0.29, 0.717) is 5.16 Å². The second-order valence-corrected chi connectivity index (χ2v) is 8.10. The van der Waals surface area contributed by atoms with E-state index in [-0.39, 0.29) is 11.2 Å². The minimum atomic E-state index is -0.285. The number of carbonyl (C=O) groups excluding carboxylic acids is 1. The number of thioether (sulfide) groups is 1. The average molecular weight is 379 g/mol. The Balaban J connectivity index is 1.55. The van der Waals surface area contributed by atoms with E-state index in [4.69, 9.17) is 0 Å². The summed E-state index contributed by atoms with van der Waals surface area (Å²) < 4.78 is 1.71. The van der Waals surface area contributed by atoms with Gasteiger partial charge in [-0.15, -0.1) is 5.10 Å². The summed E-state index contributed by atoms with van der Waals surface area (Å²) in [7, 11) is 0. The van der Waals surface area contributed by atoms with Crippen molar-refractivity contribution in [3.05, 3.63) is 59.2 Å². The van der Waals surface area contributed by atoms with Crippen LogP contribution in [-0.2, 0) is 11.2 Å². The third kappa shape index (κ3) is 3.35. The largest absolute Gasteiger partial charge is 0.311 e. The van der Waals surface area contributed by atoms with E-state index >= 15 is 0 Å². The van der Waals surface area contributed by atoms with Crippen molar-refractivity contribution in [3.8, 4) is 5.69 Å². The van der Waals surface area contributed by atoms with E-state index < -0.39 is 0 Å². The summed E-state index contributed by atoms with van der Waals surface area (Å²) in [6.45, 7) is 6.73. The molecule has 0 N–H and O–H groups in total. The quantitative estimate of drug-likeness (QED) is 0.651. The van der Waals surface area contributed by atoms with Crippen molar-refractivity contribution < 1.29 is 4.79 Å². The van der Waals surface area contributed by atoms with E-state index in [1.54, 1.807) is 4.68 Å². The summed E-state index contributed by atoms with van der Waals surface area (Å²) in [6, 6.07) is 14.2. The molecule has 1 amide bonds. The van der Waals surface area contributed by atoms with Crippen LogP contribution in [0.4, 0.5) is 5.69 Å². The van der Waals surface area contributed by atoms with Crippen LogP contribution in [0.15, 0.2) is 47.6 Å². The van der Waals surface area contributed by atoms with Crippen LogP contribution in [0, 0.1) is 13.8 Å². The van der Waals surface area contributed by atoms with Crippen LogP contribution in [0.3, 0.4) is 0 Å². The molecule has 0 fully saturated rings. The highest BCUT2D eigenvalue weighted by Crippen LogP contribution is 2.31. The molecule has 27 heavy (non-hydrogen) atoms. The highest BCUT2D eigenvalue weighted by atomic mass is 32.2. The lowest BCUT2D eigenvalue weighted by Crippen LogP contribution is -2.35. The van der Waals surface area contributed by atoms with Crippen LogP contribution < -0.4 is 4.90 Å². The fourth-order valence-corrected chi connectivity index (χ4v) is 4.30. The Bertz CT molecular complexity index is 1000. The predicted molar refractivity (Wildman–Crippen MR) is 106 cm³/mol. The van der Waals surface area contributed by atoms with Gasteiger partial charge in [-0.25, -0.2) is 0 Å². The Morgan fingerprint density at radius 1 is 1.15 bits per heavy atom. The van der Waals surface area contributed by atoms with Gasteiger partial charge >= 0.3 is 0 Å². The lowest BCUT2D eigenvalue weighted by Gasteiger charge is -2.21. The molecule has 1 aliphatic rings. The third-order valence-corrected chi connectivity index (χ3v) is 5.83. The molecule has 0 saturated carbocycles. The standard InChI is InChI=1S/C20H21N5OS/c1-13-8-9-17(14(2)12-13)25-20(21-22-23-25)27-15(3)19(26)24-11-10-16-6-4-5-7-18(16)24/h4-9,12,15H,10-11H2,1-3H3/t15-/m1/s1. The number of anilines is 1. The Labute approximate surface area is 162 Å². The number of aryl methyl sites for hydroxylation is 2. The highest BCUT2D eigenvalue weighted by Gasteiger charge is 2.29. The number of rotatable bonds is 4. The number of amides is 1. The molecule has 2 aromatic carbocycles. The van der Waals surface area contributed by atoms with Crippen molar-refractivity contribution in [2.45, 2.75) is 37.6 Å². The van der Waals surface area contributed by atoms with Crippen LogP contribution in [-0.4, -0.2) is 37.9 Å². The summed E-state index contributed by atoms with van der Waals surface area (Å²) in [5.74, 6) is 0.0835. The Morgan fingerprint density at radius 3 is 2.78 bits per heavy atom. The number of hydrogen-bond donors (Lipinski definition) is 0. The van der Waals surface area contributed by atoms with Gasteiger partial charge < -0.3 is 4.90 Å². The van der Waals surface area contributed by atoms with E-state index in [0.717, 1.165) is 29.9 Å². The van der Waals surface area contributed by atoms with Gasteiger partial charge in [0.15, 0.2) is 0 Å². The van der Waals surface area contributed by atoms with Gasteiger partial charge in [0.25, 0.3) is 0 Å². The molecule has 1 atom stereocenters. The van der Waals surface area contributed by atoms with Crippen molar-refractivity contribution in [1.82, 2.24) is 20.2 Å². The normalized spacial score (nSPS) is 14.3. The molecular weight excluding hydrogens is 358 g/mol. The van der Waals surface area contributed by atoms with Gasteiger partial charge in [-0.3, -0.25) is 4.79 Å². The van der Waals surface area contributed by atoms with E-state index in [9.17, 15) is 4.79 Å². The summed E-state index contributed by atoms with van der Waals surface area (Å²) in [4.78, 5) is 14.9. The first-order valence-electron chi connectivity index (χ1n) is 8.96. The van der Waals surface area contributed by atoms with Gasteiger partial charge in [-0.2, -0.15) is 4.68 Å². The maximum Gasteiger partial charge on any atom is 0.240 e. The second-order valence-electron chi connectivity index (χ2n) is 6.79. The van der Waals surface area contributed by atoms with Gasteiger partial charge in [-0.05, 0) is 60.9 Å². The summed E-state index contributed by atoms with van der Waals surface area (Å²) in [5, 5.41) is 12.4. The van der Waals surface area contributed by atoms with Crippen LogP contribution >= 0.6 is 11.8 Å². The van der Waals surface area contributed by atoms with Crippen molar-refractivity contribution >= 4 is 23.4 Å².